The molecule has 1 amide bonds. The second-order valence-electron chi connectivity index (χ2n) is 6.09. The van der Waals surface area contributed by atoms with Gasteiger partial charge in [-0.2, -0.15) is 0 Å². The summed E-state index contributed by atoms with van der Waals surface area (Å²) in [4.78, 5) is 23.4. The van der Waals surface area contributed by atoms with Gasteiger partial charge in [0.25, 0.3) is 5.91 Å². The van der Waals surface area contributed by atoms with Crippen molar-refractivity contribution in [1.82, 2.24) is 19.4 Å². The molecule has 3 aromatic rings. The minimum Gasteiger partial charge on any atom is -0.368 e. The molecule has 1 aromatic carbocycles. The summed E-state index contributed by atoms with van der Waals surface area (Å²) in [5.41, 5.74) is 2.60. The number of morpholine rings is 1. The van der Waals surface area contributed by atoms with Gasteiger partial charge in [0, 0.05) is 42.6 Å². The molecule has 0 saturated carbocycles. The zero-order chi connectivity index (χ0) is 17.2. The first-order valence-electron chi connectivity index (χ1n) is 8.52. The van der Waals surface area contributed by atoms with Gasteiger partial charge in [0.05, 0.1) is 30.6 Å². The van der Waals surface area contributed by atoms with Crippen LogP contribution >= 0.6 is 0 Å². The van der Waals surface area contributed by atoms with Crippen molar-refractivity contribution in [3.8, 4) is 0 Å². The monoisotopic (exact) mass is 336 g/mol. The van der Waals surface area contributed by atoms with Gasteiger partial charge in [0.2, 0.25) is 0 Å². The summed E-state index contributed by atoms with van der Waals surface area (Å²) in [7, 11) is 0. The maximum Gasteiger partial charge on any atom is 0.256 e. The highest BCUT2D eigenvalue weighted by molar-refractivity contribution is 6.07. The van der Waals surface area contributed by atoms with Crippen LogP contribution in [0.25, 0.3) is 10.9 Å². The quantitative estimate of drug-likeness (QED) is 0.738. The van der Waals surface area contributed by atoms with E-state index >= 15 is 0 Å². The number of carbonyl (C=O) groups is 1. The van der Waals surface area contributed by atoms with E-state index in [1.54, 1.807) is 18.6 Å². The number of ether oxygens (including phenoxy) is 1. The van der Waals surface area contributed by atoms with Crippen molar-refractivity contribution in [2.24, 2.45) is 0 Å². The lowest BCUT2D eigenvalue weighted by Gasteiger charge is -2.32. The molecule has 1 aliphatic heterocycles. The van der Waals surface area contributed by atoms with E-state index in [0.717, 1.165) is 28.7 Å². The second-order valence-corrected chi connectivity index (χ2v) is 6.09. The summed E-state index contributed by atoms with van der Waals surface area (Å²) in [5, 5.41) is 0.997. The summed E-state index contributed by atoms with van der Waals surface area (Å²) in [6.45, 7) is 4.49. The van der Waals surface area contributed by atoms with Crippen LogP contribution in [0.2, 0.25) is 0 Å². The number of amides is 1. The number of nitrogens with zero attached hydrogens (tertiary/aromatic N) is 4. The number of hydrogen-bond donors (Lipinski definition) is 0. The maximum atomic E-state index is 13.1. The van der Waals surface area contributed by atoms with Gasteiger partial charge in [-0.3, -0.25) is 14.8 Å². The predicted octanol–water partition coefficient (Wildman–Crippen LogP) is 2.66. The zero-order valence-electron chi connectivity index (χ0n) is 14.1. The lowest BCUT2D eigenvalue weighted by molar-refractivity contribution is -0.0248. The van der Waals surface area contributed by atoms with Crippen LogP contribution in [-0.2, 0) is 11.3 Å². The molecule has 0 spiro atoms. The average Bonchev–Trinajstić information content (AvgIpc) is 3.07. The first kappa shape index (κ1) is 15.8. The average molecular weight is 336 g/mol. The summed E-state index contributed by atoms with van der Waals surface area (Å²) in [6, 6.07) is 8.04. The van der Waals surface area contributed by atoms with E-state index in [9.17, 15) is 4.79 Å². The van der Waals surface area contributed by atoms with E-state index in [4.69, 9.17) is 4.74 Å². The molecule has 1 saturated heterocycles. The normalized spacial score (nSPS) is 17.8. The molecule has 0 radical (unpaired) electrons. The SMILES string of the molecule is CCn1cc(C(=O)N2CCO[C@H](c3cnccn3)C2)c2ccccc21. The molecule has 0 aliphatic carbocycles. The summed E-state index contributed by atoms with van der Waals surface area (Å²) in [6.07, 6.45) is 6.70. The predicted molar refractivity (Wildman–Crippen MR) is 94.2 cm³/mol. The van der Waals surface area contributed by atoms with Crippen LogP contribution in [0.4, 0.5) is 0 Å². The van der Waals surface area contributed by atoms with Crippen LogP contribution in [0.3, 0.4) is 0 Å². The van der Waals surface area contributed by atoms with Gasteiger partial charge in [0.15, 0.2) is 0 Å². The van der Waals surface area contributed by atoms with Crippen LogP contribution in [0.5, 0.6) is 0 Å². The molecule has 0 N–H and O–H groups in total. The minimum absolute atomic E-state index is 0.0422. The van der Waals surface area contributed by atoms with Crippen molar-refractivity contribution >= 4 is 16.8 Å². The Hall–Kier alpha value is -2.73. The highest BCUT2D eigenvalue weighted by atomic mass is 16.5. The minimum atomic E-state index is -0.231. The molecule has 6 heteroatoms. The molecule has 0 bridgehead atoms. The Morgan fingerprint density at radius 3 is 3.00 bits per heavy atom. The molecular formula is C19H20N4O2. The van der Waals surface area contributed by atoms with Crippen molar-refractivity contribution in [2.45, 2.75) is 19.6 Å². The van der Waals surface area contributed by atoms with Crippen molar-refractivity contribution in [1.29, 1.82) is 0 Å². The van der Waals surface area contributed by atoms with E-state index < -0.39 is 0 Å². The van der Waals surface area contributed by atoms with Crippen molar-refractivity contribution in [2.75, 3.05) is 19.7 Å². The van der Waals surface area contributed by atoms with Crippen LogP contribution in [-0.4, -0.2) is 45.0 Å². The van der Waals surface area contributed by atoms with Gasteiger partial charge >= 0.3 is 0 Å². The fourth-order valence-electron chi connectivity index (χ4n) is 3.34. The van der Waals surface area contributed by atoms with Crippen molar-refractivity contribution < 1.29 is 9.53 Å². The van der Waals surface area contributed by atoms with E-state index in [0.29, 0.717) is 19.7 Å². The number of carbonyl (C=O) groups excluding carboxylic acids is 1. The van der Waals surface area contributed by atoms with E-state index in [1.807, 2.05) is 29.3 Å². The molecule has 3 heterocycles. The highest BCUT2D eigenvalue weighted by Gasteiger charge is 2.28. The third-order valence-electron chi connectivity index (χ3n) is 4.63. The van der Waals surface area contributed by atoms with Crippen LogP contribution in [0, 0.1) is 0 Å². The molecular weight excluding hydrogens is 316 g/mol. The fourth-order valence-corrected chi connectivity index (χ4v) is 3.34. The molecule has 25 heavy (non-hydrogen) atoms. The van der Waals surface area contributed by atoms with Gasteiger partial charge in [-0.25, -0.2) is 0 Å². The van der Waals surface area contributed by atoms with Gasteiger partial charge in [-0.15, -0.1) is 0 Å². The number of benzene rings is 1. The maximum absolute atomic E-state index is 13.1. The van der Waals surface area contributed by atoms with Gasteiger partial charge in [0.1, 0.15) is 6.10 Å². The number of rotatable bonds is 3. The summed E-state index contributed by atoms with van der Waals surface area (Å²) < 4.78 is 7.91. The molecule has 1 fully saturated rings. The first-order valence-corrected chi connectivity index (χ1v) is 8.52. The van der Waals surface area contributed by atoms with E-state index in [2.05, 4.69) is 27.5 Å². The van der Waals surface area contributed by atoms with Crippen LogP contribution in [0.1, 0.15) is 29.1 Å². The molecule has 128 valence electrons. The highest BCUT2D eigenvalue weighted by Crippen LogP contribution is 2.26. The largest absolute Gasteiger partial charge is 0.368 e. The van der Waals surface area contributed by atoms with E-state index in [-0.39, 0.29) is 12.0 Å². The van der Waals surface area contributed by atoms with Gasteiger partial charge in [-0.05, 0) is 13.0 Å². The Kier molecular flexibility index (Phi) is 4.19. The Morgan fingerprint density at radius 2 is 2.20 bits per heavy atom. The number of aryl methyl sites for hydroxylation is 1. The smallest absolute Gasteiger partial charge is 0.256 e. The Balaban J connectivity index is 1.63. The summed E-state index contributed by atoms with van der Waals surface area (Å²) >= 11 is 0. The number of para-hydroxylation sites is 1. The van der Waals surface area contributed by atoms with Gasteiger partial charge < -0.3 is 14.2 Å². The third-order valence-corrected chi connectivity index (χ3v) is 4.63. The number of hydrogen-bond acceptors (Lipinski definition) is 4. The number of aromatic nitrogens is 3. The van der Waals surface area contributed by atoms with Crippen molar-refractivity contribution in [3.63, 3.8) is 0 Å². The zero-order valence-corrected chi connectivity index (χ0v) is 14.1. The van der Waals surface area contributed by atoms with Crippen molar-refractivity contribution in [3.05, 3.63) is 60.3 Å². The summed E-state index contributed by atoms with van der Waals surface area (Å²) in [5.74, 6) is 0.0422. The van der Waals surface area contributed by atoms with Crippen LogP contribution < -0.4 is 0 Å². The topological polar surface area (TPSA) is 60.2 Å². The van der Waals surface area contributed by atoms with Crippen LogP contribution in [0.15, 0.2) is 49.1 Å². The molecule has 1 aliphatic rings. The molecule has 2 aromatic heterocycles. The lowest BCUT2D eigenvalue weighted by atomic mass is 10.1. The van der Waals surface area contributed by atoms with Gasteiger partial charge in [-0.1, -0.05) is 18.2 Å². The van der Waals surface area contributed by atoms with E-state index in [1.165, 1.54) is 0 Å². The molecule has 1 atom stereocenters. The molecule has 6 nitrogen and oxygen atoms in total. The lowest BCUT2D eigenvalue weighted by Crippen LogP contribution is -2.42. The fraction of sp³-hybridized carbons (Fsp3) is 0.316. The molecule has 4 rings (SSSR count). The molecule has 0 unspecified atom stereocenters. The number of fused-ring (bicyclic) bond motifs is 1. The first-order chi connectivity index (χ1) is 12.3. The Labute approximate surface area is 146 Å². The second kappa shape index (κ2) is 6.64. The Bertz CT molecular complexity index is 891. The third kappa shape index (κ3) is 2.89. The Morgan fingerprint density at radius 1 is 1.32 bits per heavy atom. The standard InChI is InChI=1S/C19H20N4O2/c1-2-22-12-15(14-5-3-4-6-17(14)22)19(24)23-9-10-25-18(13-23)16-11-20-7-8-21-16/h3-8,11-12,18H,2,9-10,13H2,1H3/t18-/m0/s1.